The third-order valence-electron chi connectivity index (χ3n) is 10.4. The van der Waals surface area contributed by atoms with E-state index < -0.39 is 124 Å². The van der Waals surface area contributed by atoms with Crippen LogP contribution in [0.4, 0.5) is 0 Å². The zero-order valence-corrected chi connectivity index (χ0v) is 40.2. The van der Waals surface area contributed by atoms with Crippen molar-refractivity contribution < 1.29 is 56.4 Å². The molecule has 0 aliphatic rings. The van der Waals surface area contributed by atoms with Crippen LogP contribution in [0.5, 0.6) is 0 Å². The van der Waals surface area contributed by atoms with Gasteiger partial charge in [-0.1, -0.05) is 74.5 Å². The summed E-state index contributed by atoms with van der Waals surface area (Å²) in [4.78, 5) is 132. The van der Waals surface area contributed by atoms with Crippen molar-refractivity contribution in [3.05, 3.63) is 71.8 Å². The summed E-state index contributed by atoms with van der Waals surface area (Å²) in [7, 11) is -2.22. The van der Waals surface area contributed by atoms with Gasteiger partial charge in [0.05, 0.1) is 12.3 Å². The number of nitrogens with two attached hydrogens (primary N) is 4. The first-order chi connectivity index (χ1) is 32.4. The molecule has 0 aromatic heterocycles. The number of amides is 10. The van der Waals surface area contributed by atoms with Crippen molar-refractivity contribution in [2.24, 2.45) is 28.9 Å². The number of benzene rings is 2. The van der Waals surface area contributed by atoms with Gasteiger partial charge in [0.2, 0.25) is 59.1 Å². The van der Waals surface area contributed by atoms with Gasteiger partial charge in [-0.05, 0) is 42.7 Å². The second kappa shape index (κ2) is 29.1. The lowest BCUT2D eigenvalue weighted by Crippen LogP contribution is -2.59. The highest BCUT2D eigenvalue weighted by molar-refractivity contribution is 7.90. The fraction of sp³-hybridized carbons (Fsp3) is 0.511. The molecule has 14 N–H and O–H groups in total. The third kappa shape index (κ3) is 23.1. The van der Waals surface area contributed by atoms with Crippen molar-refractivity contribution in [3.63, 3.8) is 0 Å². The maximum atomic E-state index is 14.4. The molecule has 0 spiro atoms. The Bertz CT molecular complexity index is 2210. The summed E-state index contributed by atoms with van der Waals surface area (Å²) in [6.07, 6.45) is -0.936. The molecule has 23 nitrogen and oxygen atoms in total. The quantitative estimate of drug-likeness (QED) is 0.0354. The highest BCUT2D eigenvalue weighted by Gasteiger charge is 2.34. The Balaban J connectivity index is 2.45. The van der Waals surface area contributed by atoms with E-state index in [0.717, 1.165) is 11.2 Å². The minimum absolute atomic E-state index is 0.0487. The van der Waals surface area contributed by atoms with Gasteiger partial charge in [0.15, 0.2) is 0 Å². The maximum Gasteiger partial charge on any atom is 0.245 e. The van der Waals surface area contributed by atoms with Gasteiger partial charge in [-0.15, -0.1) is 0 Å². The molecule has 0 aliphatic carbocycles. The lowest BCUT2D eigenvalue weighted by molar-refractivity contribution is -0.139. The monoisotopic (exact) mass is 985 g/mol. The summed E-state index contributed by atoms with van der Waals surface area (Å²) in [6.45, 7) is 2.88. The van der Waals surface area contributed by atoms with E-state index in [1.807, 2.05) is 0 Å². The fourth-order valence-electron chi connectivity index (χ4n) is 6.83. The molecule has 69 heavy (non-hydrogen) atoms. The SMILES string of the molecule is CC(C)C[C@H](NC(=O)CN(C)C(=O)[C@H](Cc1ccccc1)NC(=O)[C@H](Cc1ccccc1)NC(=O)[C@H](CCC(N)=O)NC(=O)[C@H](CCC(N)=O)NC(=O)CCN)C(=O)N[C@@H](CCS(C)(=O)=O)C(N)=O. The predicted molar refractivity (Wildman–Crippen MR) is 253 cm³/mol. The first-order valence-corrected chi connectivity index (χ1v) is 24.3. The third-order valence-corrected chi connectivity index (χ3v) is 11.4. The van der Waals surface area contributed by atoms with Crippen molar-refractivity contribution in [1.29, 1.82) is 0 Å². The Labute approximate surface area is 401 Å². The van der Waals surface area contributed by atoms with Crippen LogP contribution in [0.25, 0.3) is 0 Å². The number of primary amides is 3. The molecule has 0 bridgehead atoms. The van der Waals surface area contributed by atoms with E-state index in [1.54, 1.807) is 74.5 Å². The van der Waals surface area contributed by atoms with Gasteiger partial charge in [0.1, 0.15) is 46.1 Å². The van der Waals surface area contributed by atoms with Gasteiger partial charge < -0.3 is 59.7 Å². The number of sulfone groups is 1. The van der Waals surface area contributed by atoms with E-state index in [2.05, 4.69) is 31.9 Å². The molecule has 0 saturated heterocycles. The Morgan fingerprint density at radius 1 is 0.551 bits per heavy atom. The first-order valence-electron chi connectivity index (χ1n) is 22.3. The number of hydrogen-bond acceptors (Lipinski definition) is 13. The van der Waals surface area contributed by atoms with Crippen LogP contribution in [0.15, 0.2) is 60.7 Å². The predicted octanol–water partition coefficient (Wildman–Crippen LogP) is -3.32. The number of hydrogen-bond donors (Lipinski definition) is 10. The van der Waals surface area contributed by atoms with Gasteiger partial charge in [0.25, 0.3) is 0 Å². The first kappa shape index (κ1) is 58.2. The number of carbonyl (C=O) groups is 10. The van der Waals surface area contributed by atoms with Crippen molar-refractivity contribution in [1.82, 2.24) is 36.8 Å². The van der Waals surface area contributed by atoms with Crippen LogP contribution in [-0.2, 0) is 70.6 Å². The molecule has 0 fully saturated rings. The molecule has 2 rings (SSSR count). The number of likely N-dealkylation sites (N-methyl/N-ethyl adjacent to an activating group) is 1. The lowest BCUT2D eigenvalue weighted by atomic mass is 10.0. The van der Waals surface area contributed by atoms with Crippen LogP contribution in [0.2, 0.25) is 0 Å². The van der Waals surface area contributed by atoms with E-state index in [1.165, 1.54) is 7.05 Å². The molecule has 0 saturated carbocycles. The Kier molecular flexibility index (Phi) is 24.5. The summed E-state index contributed by atoms with van der Waals surface area (Å²) in [5.74, 6) is -8.86. The van der Waals surface area contributed by atoms with Crippen molar-refractivity contribution in [2.45, 2.75) is 108 Å². The van der Waals surface area contributed by atoms with E-state index in [-0.39, 0.29) is 63.8 Å². The van der Waals surface area contributed by atoms with E-state index in [4.69, 9.17) is 22.9 Å². The second-order valence-electron chi connectivity index (χ2n) is 17.1. The smallest absolute Gasteiger partial charge is 0.245 e. The van der Waals surface area contributed by atoms with Crippen molar-refractivity contribution >= 4 is 68.9 Å². The molecular weight excluding hydrogens is 919 g/mol. The van der Waals surface area contributed by atoms with Crippen LogP contribution in [0.3, 0.4) is 0 Å². The maximum absolute atomic E-state index is 14.4. The van der Waals surface area contributed by atoms with Gasteiger partial charge in [-0.25, -0.2) is 8.42 Å². The highest BCUT2D eigenvalue weighted by Crippen LogP contribution is 2.12. The molecule has 10 amide bonds. The van der Waals surface area contributed by atoms with Crippen LogP contribution >= 0.6 is 0 Å². The summed E-state index contributed by atoms with van der Waals surface area (Å²) < 4.78 is 23.5. The van der Waals surface area contributed by atoms with E-state index in [0.29, 0.717) is 11.1 Å². The zero-order chi connectivity index (χ0) is 51.8. The molecule has 2 aromatic rings. The highest BCUT2D eigenvalue weighted by atomic mass is 32.2. The van der Waals surface area contributed by atoms with Crippen molar-refractivity contribution in [3.8, 4) is 0 Å². The van der Waals surface area contributed by atoms with Gasteiger partial charge in [-0.2, -0.15) is 0 Å². The number of nitrogens with one attached hydrogen (secondary N) is 6. The van der Waals surface area contributed by atoms with Crippen LogP contribution in [0.1, 0.15) is 69.9 Å². The second-order valence-corrected chi connectivity index (χ2v) is 19.3. The Hall–Kier alpha value is -6.95. The Morgan fingerprint density at radius 3 is 1.43 bits per heavy atom. The minimum atomic E-state index is -3.51. The van der Waals surface area contributed by atoms with Crippen LogP contribution < -0.4 is 54.8 Å². The molecule has 0 radical (unpaired) electrons. The zero-order valence-electron chi connectivity index (χ0n) is 39.4. The average Bonchev–Trinajstić information content (AvgIpc) is 3.26. The van der Waals surface area contributed by atoms with Gasteiger partial charge >= 0.3 is 0 Å². The molecule has 2 aromatic carbocycles. The number of carbonyl (C=O) groups excluding carboxylic acids is 10. The fourth-order valence-corrected chi connectivity index (χ4v) is 7.49. The van der Waals surface area contributed by atoms with Gasteiger partial charge in [-0.3, -0.25) is 47.9 Å². The standard InChI is InChI=1S/C45H67N11O12S/c1-27(2)23-33(43(64)52-30(40(49)61)20-22-69(4,67)68)51-39(60)26-56(3)45(66)35(25-29-13-9-6-10-14-29)55-44(65)34(24-28-11-7-5-8-12-28)54-42(63)32(16-18-37(48)58)53-41(62)31(15-17-36(47)57)50-38(59)19-21-46/h5-14,27,30-35H,15-26,46H2,1-4H3,(H2,47,57)(H2,48,58)(H2,49,61)(H,50,59)(H,51,60)(H,52,64)(H,53,62)(H,54,63)(H,55,65)/t30-,31-,32-,33-,34-,35-/m0/s1. The topological polar surface area (TPSA) is 384 Å². The summed E-state index contributed by atoms with van der Waals surface area (Å²) in [5.41, 5.74) is 22.7. The number of rotatable bonds is 31. The largest absolute Gasteiger partial charge is 0.370 e. The van der Waals surface area contributed by atoms with E-state index in [9.17, 15) is 56.4 Å². The average molecular weight is 986 g/mol. The van der Waals surface area contributed by atoms with Gasteiger partial charge in [0, 0.05) is 52.0 Å². The molecule has 0 aliphatic heterocycles. The lowest BCUT2D eigenvalue weighted by Gasteiger charge is -2.28. The molecule has 0 unspecified atom stereocenters. The molecule has 24 heteroatoms. The summed E-state index contributed by atoms with van der Waals surface area (Å²) in [5, 5.41) is 15.2. The molecule has 0 heterocycles. The summed E-state index contributed by atoms with van der Waals surface area (Å²) in [6, 6.07) is 8.81. The summed E-state index contributed by atoms with van der Waals surface area (Å²) >= 11 is 0. The normalized spacial score (nSPS) is 13.8. The molecular formula is C45H67N11O12S. The van der Waals surface area contributed by atoms with Crippen LogP contribution in [0, 0.1) is 5.92 Å². The number of nitrogens with zero attached hydrogens (tertiary/aromatic N) is 1. The minimum Gasteiger partial charge on any atom is -0.370 e. The Morgan fingerprint density at radius 2 is 0.971 bits per heavy atom. The molecule has 6 atom stereocenters. The van der Waals surface area contributed by atoms with Crippen LogP contribution in [-0.4, -0.2) is 141 Å². The molecule has 380 valence electrons. The van der Waals surface area contributed by atoms with E-state index >= 15 is 0 Å². The van der Waals surface area contributed by atoms with Crippen molar-refractivity contribution in [2.75, 3.05) is 32.1 Å².